The number of hydrogen-bond donors (Lipinski definition) is 3. The maximum atomic E-state index is 13.7. The molecule has 0 fully saturated rings. The van der Waals surface area contributed by atoms with Crippen molar-refractivity contribution in [2.24, 2.45) is 0 Å². The topological polar surface area (TPSA) is 114 Å². The molecular weight excluding hydrogens is 437 g/mol. The number of nitrogens with one attached hydrogen (secondary N) is 3. The summed E-state index contributed by atoms with van der Waals surface area (Å²) in [6, 6.07) is 15.6. The van der Waals surface area contributed by atoms with Gasteiger partial charge in [-0.15, -0.1) is 0 Å². The van der Waals surface area contributed by atoms with Crippen molar-refractivity contribution in [3.63, 3.8) is 0 Å². The number of halogens is 1. The molecule has 3 N–H and O–H groups in total. The van der Waals surface area contributed by atoms with Crippen molar-refractivity contribution in [3.05, 3.63) is 89.2 Å². The van der Waals surface area contributed by atoms with Crippen LogP contribution in [0.4, 0.5) is 10.1 Å². The Morgan fingerprint density at radius 1 is 0.906 bits per heavy atom. The number of carbonyl (C=O) groups is 2. The third-order valence-electron chi connectivity index (χ3n) is 4.49. The van der Waals surface area contributed by atoms with Crippen molar-refractivity contribution in [2.45, 2.75) is 11.8 Å². The third kappa shape index (κ3) is 5.22. The summed E-state index contributed by atoms with van der Waals surface area (Å²) >= 11 is 0. The van der Waals surface area contributed by atoms with Crippen LogP contribution in [0.25, 0.3) is 0 Å². The number of hydrogen-bond acceptors (Lipinski definition) is 5. The predicted molar refractivity (Wildman–Crippen MR) is 116 cm³/mol. The van der Waals surface area contributed by atoms with E-state index < -0.39 is 27.7 Å². The molecule has 0 radical (unpaired) electrons. The van der Waals surface area contributed by atoms with Gasteiger partial charge in [-0.05, 0) is 61.0 Å². The van der Waals surface area contributed by atoms with Gasteiger partial charge in [-0.3, -0.25) is 25.2 Å². The fourth-order valence-electron chi connectivity index (χ4n) is 2.80. The highest BCUT2D eigenvalue weighted by Crippen LogP contribution is 2.22. The van der Waals surface area contributed by atoms with Crippen molar-refractivity contribution >= 4 is 27.5 Å². The van der Waals surface area contributed by atoms with E-state index in [2.05, 4.69) is 15.6 Å². The standard InChI is InChI=1S/C22H20FN3O5S/c1-14-7-8-15(21(27)24-25-22(28)18-5-3-4-6-19(18)23)13-20(14)32(29,30)26-16-9-11-17(31-2)12-10-16/h3-13,26H,1-2H3,(H,24,27)(H,25,28). The first kappa shape index (κ1) is 22.8. The Kier molecular flexibility index (Phi) is 6.74. The second-order valence-corrected chi connectivity index (χ2v) is 8.35. The SMILES string of the molecule is COc1ccc(NS(=O)(=O)c2cc(C(=O)NNC(=O)c3ccccc3F)ccc2C)cc1. The zero-order valence-corrected chi connectivity index (χ0v) is 18.0. The molecule has 0 bridgehead atoms. The molecule has 10 heteroatoms. The highest BCUT2D eigenvalue weighted by Gasteiger charge is 2.20. The van der Waals surface area contributed by atoms with E-state index in [-0.39, 0.29) is 16.0 Å². The minimum absolute atomic E-state index is 0.0143. The van der Waals surface area contributed by atoms with Gasteiger partial charge in [0.2, 0.25) is 0 Å². The average molecular weight is 457 g/mol. The first-order chi connectivity index (χ1) is 15.2. The molecule has 0 spiro atoms. The molecule has 0 aromatic heterocycles. The second kappa shape index (κ2) is 9.48. The highest BCUT2D eigenvalue weighted by molar-refractivity contribution is 7.92. The number of carbonyl (C=O) groups excluding carboxylic acids is 2. The molecular formula is C22H20FN3O5S. The molecule has 0 aliphatic heterocycles. The summed E-state index contributed by atoms with van der Waals surface area (Å²) in [6.45, 7) is 1.59. The Hall–Kier alpha value is -3.92. The van der Waals surface area contributed by atoms with Crippen LogP contribution in [-0.2, 0) is 10.0 Å². The van der Waals surface area contributed by atoms with Crippen molar-refractivity contribution in [3.8, 4) is 5.75 Å². The number of methoxy groups -OCH3 is 1. The monoisotopic (exact) mass is 457 g/mol. The highest BCUT2D eigenvalue weighted by atomic mass is 32.2. The summed E-state index contributed by atoms with van der Waals surface area (Å²) < 4.78 is 46.9. The Morgan fingerprint density at radius 3 is 2.22 bits per heavy atom. The molecule has 0 saturated carbocycles. The predicted octanol–water partition coefficient (Wildman–Crippen LogP) is 3.02. The lowest BCUT2D eigenvalue weighted by molar-refractivity contribution is 0.0844. The molecule has 3 aromatic carbocycles. The normalized spacial score (nSPS) is 10.8. The van der Waals surface area contributed by atoms with Crippen LogP contribution in [0.3, 0.4) is 0 Å². The number of benzene rings is 3. The van der Waals surface area contributed by atoms with Gasteiger partial charge in [0.15, 0.2) is 0 Å². The lowest BCUT2D eigenvalue weighted by Crippen LogP contribution is -2.42. The van der Waals surface area contributed by atoms with Gasteiger partial charge in [0.1, 0.15) is 11.6 Å². The molecule has 32 heavy (non-hydrogen) atoms. The van der Waals surface area contributed by atoms with Crippen LogP contribution in [0.1, 0.15) is 26.3 Å². The fraction of sp³-hybridized carbons (Fsp3) is 0.0909. The zero-order valence-electron chi connectivity index (χ0n) is 17.2. The lowest BCUT2D eigenvalue weighted by Gasteiger charge is -2.13. The molecule has 2 amide bonds. The smallest absolute Gasteiger partial charge is 0.272 e. The second-order valence-electron chi connectivity index (χ2n) is 6.70. The first-order valence-electron chi connectivity index (χ1n) is 9.34. The number of hydrazine groups is 1. The lowest BCUT2D eigenvalue weighted by atomic mass is 10.1. The molecule has 166 valence electrons. The molecule has 0 unspecified atom stereocenters. The first-order valence-corrected chi connectivity index (χ1v) is 10.8. The number of anilines is 1. The number of aryl methyl sites for hydroxylation is 1. The van der Waals surface area contributed by atoms with E-state index >= 15 is 0 Å². The van der Waals surface area contributed by atoms with Crippen LogP contribution in [0.2, 0.25) is 0 Å². The largest absolute Gasteiger partial charge is 0.497 e. The summed E-state index contributed by atoms with van der Waals surface area (Å²) in [5, 5.41) is 0. The van der Waals surface area contributed by atoms with Gasteiger partial charge in [0.25, 0.3) is 21.8 Å². The van der Waals surface area contributed by atoms with E-state index in [1.807, 2.05) is 0 Å². The molecule has 3 rings (SSSR count). The van der Waals surface area contributed by atoms with Crippen LogP contribution < -0.4 is 20.3 Å². The van der Waals surface area contributed by atoms with Crippen LogP contribution in [-0.4, -0.2) is 27.3 Å². The zero-order chi connectivity index (χ0) is 23.3. The number of amides is 2. The van der Waals surface area contributed by atoms with Gasteiger partial charge in [-0.2, -0.15) is 0 Å². The Bertz CT molecular complexity index is 1260. The van der Waals surface area contributed by atoms with E-state index in [0.717, 1.165) is 6.07 Å². The molecule has 0 saturated heterocycles. The van der Waals surface area contributed by atoms with E-state index in [1.165, 1.54) is 43.5 Å². The van der Waals surface area contributed by atoms with Crippen LogP contribution >= 0.6 is 0 Å². The quantitative estimate of drug-likeness (QED) is 0.493. The maximum Gasteiger partial charge on any atom is 0.272 e. The Labute approximate surface area is 184 Å². The molecule has 0 heterocycles. The van der Waals surface area contributed by atoms with Crippen molar-refractivity contribution < 1.29 is 27.1 Å². The Balaban J connectivity index is 1.75. The molecule has 0 aliphatic rings. The van der Waals surface area contributed by atoms with Crippen LogP contribution in [0.5, 0.6) is 5.75 Å². The number of sulfonamides is 1. The molecule has 3 aromatic rings. The van der Waals surface area contributed by atoms with Crippen molar-refractivity contribution in [1.29, 1.82) is 0 Å². The van der Waals surface area contributed by atoms with Crippen LogP contribution in [0, 0.1) is 12.7 Å². The fourth-order valence-corrected chi connectivity index (χ4v) is 4.13. The molecule has 0 aliphatic carbocycles. The molecule has 0 atom stereocenters. The summed E-state index contributed by atoms with van der Waals surface area (Å²) in [7, 11) is -2.51. The summed E-state index contributed by atoms with van der Waals surface area (Å²) in [5.74, 6) is -1.79. The van der Waals surface area contributed by atoms with Crippen molar-refractivity contribution in [2.75, 3.05) is 11.8 Å². The maximum absolute atomic E-state index is 13.7. The van der Waals surface area contributed by atoms with E-state index in [4.69, 9.17) is 4.74 Å². The van der Waals surface area contributed by atoms with Crippen LogP contribution in [0.15, 0.2) is 71.6 Å². The van der Waals surface area contributed by atoms with E-state index in [1.54, 1.807) is 31.2 Å². The number of rotatable bonds is 6. The average Bonchev–Trinajstić information content (AvgIpc) is 2.78. The number of ether oxygens (including phenoxy) is 1. The van der Waals surface area contributed by atoms with Gasteiger partial charge in [0.05, 0.1) is 17.6 Å². The van der Waals surface area contributed by atoms with Gasteiger partial charge < -0.3 is 4.74 Å². The molecule has 8 nitrogen and oxygen atoms in total. The van der Waals surface area contributed by atoms with E-state index in [9.17, 15) is 22.4 Å². The van der Waals surface area contributed by atoms with E-state index in [0.29, 0.717) is 17.0 Å². The minimum atomic E-state index is -4.01. The van der Waals surface area contributed by atoms with Gasteiger partial charge in [-0.1, -0.05) is 18.2 Å². The minimum Gasteiger partial charge on any atom is -0.497 e. The summed E-state index contributed by atoms with van der Waals surface area (Å²) in [5.41, 5.74) is 4.73. The third-order valence-corrected chi connectivity index (χ3v) is 6.01. The van der Waals surface area contributed by atoms with Crippen molar-refractivity contribution in [1.82, 2.24) is 10.9 Å². The Morgan fingerprint density at radius 2 is 1.56 bits per heavy atom. The summed E-state index contributed by atoms with van der Waals surface area (Å²) in [4.78, 5) is 24.4. The van der Waals surface area contributed by atoms with Gasteiger partial charge in [-0.25, -0.2) is 12.8 Å². The van der Waals surface area contributed by atoms with Gasteiger partial charge in [0, 0.05) is 11.3 Å². The van der Waals surface area contributed by atoms with Gasteiger partial charge >= 0.3 is 0 Å². The summed E-state index contributed by atoms with van der Waals surface area (Å²) in [6.07, 6.45) is 0.